The van der Waals surface area contributed by atoms with Crippen LogP contribution in [0.4, 0.5) is 0 Å². The van der Waals surface area contributed by atoms with Crippen molar-refractivity contribution < 1.29 is 9.59 Å². The fourth-order valence-electron chi connectivity index (χ4n) is 3.04. The van der Waals surface area contributed by atoms with Gasteiger partial charge in [0.05, 0.1) is 11.8 Å². The lowest BCUT2D eigenvalue weighted by Gasteiger charge is -2.27. The molecule has 2 aliphatic rings. The van der Waals surface area contributed by atoms with Crippen molar-refractivity contribution in [2.24, 2.45) is 23.2 Å². The van der Waals surface area contributed by atoms with Crippen molar-refractivity contribution in [3.63, 3.8) is 0 Å². The summed E-state index contributed by atoms with van der Waals surface area (Å²) in [7, 11) is 0. The number of imide groups is 1. The first-order chi connectivity index (χ1) is 8.55. The molecule has 1 aliphatic carbocycles. The van der Waals surface area contributed by atoms with E-state index in [0.717, 1.165) is 6.54 Å². The second-order valence-corrected chi connectivity index (χ2v) is 7.80. The standard InChI is InChI=1S/C15H26N2O2/c1-9(7-16-14(2,3)4)8-17-12(18)10-11(13(17)19)15(10,5)6/h9-11,16H,7-8H2,1-6H3. The lowest BCUT2D eigenvalue weighted by Crippen LogP contribution is -2.44. The minimum atomic E-state index is -0.0996. The summed E-state index contributed by atoms with van der Waals surface area (Å²) < 4.78 is 0. The Labute approximate surface area is 115 Å². The van der Waals surface area contributed by atoms with Gasteiger partial charge in [-0.3, -0.25) is 14.5 Å². The molecule has 1 N–H and O–H groups in total. The molecule has 1 heterocycles. The fourth-order valence-corrected chi connectivity index (χ4v) is 3.04. The molecule has 1 saturated carbocycles. The van der Waals surface area contributed by atoms with E-state index in [1.807, 2.05) is 13.8 Å². The molecule has 4 heteroatoms. The Hall–Kier alpha value is -0.900. The van der Waals surface area contributed by atoms with Crippen LogP contribution in [0, 0.1) is 23.2 Å². The first kappa shape index (κ1) is 14.5. The molecule has 0 aromatic rings. The summed E-state index contributed by atoms with van der Waals surface area (Å²) in [5, 5.41) is 3.41. The maximum absolute atomic E-state index is 12.2. The van der Waals surface area contributed by atoms with Crippen molar-refractivity contribution in [2.75, 3.05) is 13.1 Å². The van der Waals surface area contributed by atoms with Gasteiger partial charge in [0.25, 0.3) is 0 Å². The third-order valence-electron chi connectivity index (χ3n) is 4.37. The highest BCUT2D eigenvalue weighted by Gasteiger charge is 2.72. The van der Waals surface area contributed by atoms with Crippen LogP contribution in [-0.2, 0) is 9.59 Å². The molecule has 2 rings (SSSR count). The van der Waals surface area contributed by atoms with E-state index in [2.05, 4.69) is 33.0 Å². The Bertz CT molecular complexity index is 385. The van der Waals surface area contributed by atoms with E-state index in [-0.39, 0.29) is 40.5 Å². The van der Waals surface area contributed by atoms with Crippen molar-refractivity contribution in [3.8, 4) is 0 Å². The van der Waals surface area contributed by atoms with Crippen molar-refractivity contribution in [3.05, 3.63) is 0 Å². The number of hydrogen-bond acceptors (Lipinski definition) is 3. The number of rotatable bonds is 4. The molecular weight excluding hydrogens is 240 g/mol. The van der Waals surface area contributed by atoms with Gasteiger partial charge in [0.1, 0.15) is 0 Å². The van der Waals surface area contributed by atoms with Gasteiger partial charge in [-0.05, 0) is 38.6 Å². The number of likely N-dealkylation sites (tertiary alicyclic amines) is 1. The molecule has 108 valence electrons. The Morgan fingerprint density at radius 2 is 1.68 bits per heavy atom. The first-order valence-corrected chi connectivity index (χ1v) is 7.16. The zero-order valence-electron chi connectivity index (χ0n) is 12.9. The summed E-state index contributed by atoms with van der Waals surface area (Å²) in [6, 6.07) is 0. The highest BCUT2D eigenvalue weighted by atomic mass is 16.2. The van der Waals surface area contributed by atoms with E-state index >= 15 is 0 Å². The Kier molecular flexibility index (Phi) is 3.28. The number of piperidine rings is 1. The molecule has 0 bridgehead atoms. The second-order valence-electron chi connectivity index (χ2n) is 7.80. The number of nitrogens with one attached hydrogen (secondary N) is 1. The van der Waals surface area contributed by atoms with Crippen molar-refractivity contribution in [1.29, 1.82) is 0 Å². The summed E-state index contributed by atoms with van der Waals surface area (Å²) in [5.41, 5.74) is -0.0328. The molecule has 3 unspecified atom stereocenters. The molecule has 3 atom stereocenters. The third kappa shape index (κ3) is 2.55. The van der Waals surface area contributed by atoms with E-state index in [1.54, 1.807) is 0 Å². The van der Waals surface area contributed by atoms with Crippen LogP contribution in [0.25, 0.3) is 0 Å². The maximum atomic E-state index is 12.2. The van der Waals surface area contributed by atoms with Crippen LogP contribution < -0.4 is 5.32 Å². The van der Waals surface area contributed by atoms with Crippen LogP contribution in [0.1, 0.15) is 41.5 Å². The molecule has 4 nitrogen and oxygen atoms in total. The molecule has 1 aliphatic heterocycles. The summed E-state index contributed by atoms with van der Waals surface area (Å²) in [6.07, 6.45) is 0. The fraction of sp³-hybridized carbons (Fsp3) is 0.867. The van der Waals surface area contributed by atoms with Gasteiger partial charge >= 0.3 is 0 Å². The summed E-state index contributed by atoms with van der Waals surface area (Å²) in [6.45, 7) is 13.8. The Morgan fingerprint density at radius 3 is 2.11 bits per heavy atom. The van der Waals surface area contributed by atoms with Crippen LogP contribution >= 0.6 is 0 Å². The van der Waals surface area contributed by atoms with Crippen molar-refractivity contribution in [2.45, 2.75) is 47.1 Å². The molecule has 19 heavy (non-hydrogen) atoms. The van der Waals surface area contributed by atoms with Gasteiger partial charge < -0.3 is 5.32 Å². The minimum absolute atomic E-state index is 0.0441. The second kappa shape index (κ2) is 4.30. The van der Waals surface area contributed by atoms with E-state index < -0.39 is 0 Å². The molecule has 2 amide bonds. The van der Waals surface area contributed by atoms with E-state index in [4.69, 9.17) is 0 Å². The van der Waals surface area contributed by atoms with Gasteiger partial charge in [-0.15, -0.1) is 0 Å². The van der Waals surface area contributed by atoms with Crippen LogP contribution in [0.3, 0.4) is 0 Å². The van der Waals surface area contributed by atoms with E-state index in [9.17, 15) is 9.59 Å². The van der Waals surface area contributed by atoms with Gasteiger partial charge in [-0.25, -0.2) is 0 Å². The molecule has 0 radical (unpaired) electrons. The lowest BCUT2D eigenvalue weighted by molar-refractivity contribution is -0.143. The van der Waals surface area contributed by atoms with Gasteiger partial charge in [0.2, 0.25) is 11.8 Å². The topological polar surface area (TPSA) is 49.4 Å². The highest BCUT2D eigenvalue weighted by molar-refractivity contribution is 6.10. The quantitative estimate of drug-likeness (QED) is 0.787. The monoisotopic (exact) mass is 266 g/mol. The maximum Gasteiger partial charge on any atom is 0.233 e. The summed E-state index contributed by atoms with van der Waals surface area (Å²) >= 11 is 0. The van der Waals surface area contributed by atoms with Crippen LogP contribution in [-0.4, -0.2) is 35.3 Å². The Morgan fingerprint density at radius 1 is 1.21 bits per heavy atom. The van der Waals surface area contributed by atoms with Crippen molar-refractivity contribution >= 4 is 11.8 Å². The SMILES string of the molecule is CC(CNC(C)(C)C)CN1C(=O)C2C(C1=O)C2(C)C. The van der Waals surface area contributed by atoms with Crippen molar-refractivity contribution in [1.82, 2.24) is 10.2 Å². The van der Waals surface area contributed by atoms with E-state index in [0.29, 0.717) is 6.54 Å². The number of nitrogens with zero attached hydrogens (tertiary/aromatic N) is 1. The molecule has 0 aromatic carbocycles. The Balaban J connectivity index is 1.88. The molecule has 0 aromatic heterocycles. The predicted octanol–water partition coefficient (Wildman–Crippen LogP) is 1.65. The number of carbonyl (C=O) groups is 2. The number of fused-ring (bicyclic) bond motifs is 1. The largest absolute Gasteiger partial charge is 0.312 e. The predicted molar refractivity (Wildman–Crippen MR) is 74.4 cm³/mol. The van der Waals surface area contributed by atoms with Gasteiger partial charge in [0, 0.05) is 12.1 Å². The molecular formula is C15H26N2O2. The smallest absolute Gasteiger partial charge is 0.233 e. The van der Waals surface area contributed by atoms with Crippen LogP contribution in [0.15, 0.2) is 0 Å². The average Bonchev–Trinajstić information content (AvgIpc) is 2.73. The van der Waals surface area contributed by atoms with Gasteiger partial charge in [-0.1, -0.05) is 20.8 Å². The first-order valence-electron chi connectivity index (χ1n) is 7.16. The highest BCUT2D eigenvalue weighted by Crippen LogP contribution is 2.63. The number of amides is 2. The molecule has 2 fully saturated rings. The zero-order valence-corrected chi connectivity index (χ0v) is 12.9. The van der Waals surface area contributed by atoms with Crippen LogP contribution in [0.2, 0.25) is 0 Å². The van der Waals surface area contributed by atoms with Crippen LogP contribution in [0.5, 0.6) is 0 Å². The van der Waals surface area contributed by atoms with Gasteiger partial charge in [-0.2, -0.15) is 0 Å². The minimum Gasteiger partial charge on any atom is -0.312 e. The molecule has 1 saturated heterocycles. The summed E-state index contributed by atoms with van der Waals surface area (Å²) in [5.74, 6) is 0.267. The van der Waals surface area contributed by atoms with E-state index in [1.165, 1.54) is 4.90 Å². The third-order valence-corrected chi connectivity index (χ3v) is 4.37. The number of hydrogen-bond donors (Lipinski definition) is 1. The lowest BCUT2D eigenvalue weighted by atomic mass is 10.0. The normalized spacial score (nSPS) is 30.5. The number of carbonyl (C=O) groups excluding carboxylic acids is 2. The zero-order chi connectivity index (χ0) is 14.6. The summed E-state index contributed by atoms with van der Waals surface area (Å²) in [4.78, 5) is 25.9. The molecule has 0 spiro atoms. The average molecular weight is 266 g/mol. The van der Waals surface area contributed by atoms with Gasteiger partial charge in [0.15, 0.2) is 0 Å².